The Balaban J connectivity index is 0.00000161. The Labute approximate surface area is 129 Å². The van der Waals surface area contributed by atoms with Crippen molar-refractivity contribution in [1.82, 2.24) is 15.3 Å². The molecule has 1 aliphatic rings. The van der Waals surface area contributed by atoms with E-state index in [1.165, 1.54) is 5.56 Å². The van der Waals surface area contributed by atoms with Crippen molar-refractivity contribution in [2.45, 2.75) is 19.9 Å². The molecular formula is C15H19ClN4O. The summed E-state index contributed by atoms with van der Waals surface area (Å²) in [6.07, 6.45) is 0.941. The second-order valence-corrected chi connectivity index (χ2v) is 5.22. The Morgan fingerprint density at radius 3 is 2.71 bits per heavy atom. The Morgan fingerprint density at radius 2 is 2.00 bits per heavy atom. The molecule has 2 heterocycles. The van der Waals surface area contributed by atoms with Crippen molar-refractivity contribution in [3.8, 4) is 11.3 Å². The standard InChI is InChI=1S/C15H17ClN4.H2O/c1-2-18-15-19-13-7-8-17-9-12(13)14(20-15)10-3-5-11(16)6-4-10;/h3-6,17H,2,7-9H2,1H3,(H,18,19,20);1H2. The van der Waals surface area contributed by atoms with Crippen molar-refractivity contribution < 1.29 is 5.48 Å². The van der Waals surface area contributed by atoms with Crippen molar-refractivity contribution in [3.63, 3.8) is 0 Å². The highest BCUT2D eigenvalue weighted by molar-refractivity contribution is 6.30. The summed E-state index contributed by atoms with van der Waals surface area (Å²) in [7, 11) is 0. The molecule has 5 nitrogen and oxygen atoms in total. The fourth-order valence-electron chi connectivity index (χ4n) is 2.43. The maximum atomic E-state index is 5.97. The molecule has 0 atom stereocenters. The van der Waals surface area contributed by atoms with E-state index < -0.39 is 0 Å². The molecule has 2 aromatic rings. The second-order valence-electron chi connectivity index (χ2n) is 4.79. The van der Waals surface area contributed by atoms with Crippen LogP contribution in [0, 0.1) is 0 Å². The van der Waals surface area contributed by atoms with E-state index in [4.69, 9.17) is 11.6 Å². The van der Waals surface area contributed by atoms with Gasteiger partial charge < -0.3 is 16.1 Å². The first-order valence-electron chi connectivity index (χ1n) is 6.88. The molecule has 1 aromatic heterocycles. The van der Waals surface area contributed by atoms with Gasteiger partial charge in [0.1, 0.15) is 0 Å². The Hall–Kier alpha value is -1.69. The minimum Gasteiger partial charge on any atom is -0.412 e. The molecule has 0 fully saturated rings. The summed E-state index contributed by atoms with van der Waals surface area (Å²) in [5.41, 5.74) is 4.41. The average molecular weight is 307 g/mol. The summed E-state index contributed by atoms with van der Waals surface area (Å²) in [4.78, 5) is 9.29. The van der Waals surface area contributed by atoms with Gasteiger partial charge >= 0.3 is 0 Å². The Morgan fingerprint density at radius 1 is 1.24 bits per heavy atom. The van der Waals surface area contributed by atoms with E-state index >= 15 is 0 Å². The summed E-state index contributed by atoms with van der Waals surface area (Å²) < 4.78 is 0. The summed E-state index contributed by atoms with van der Waals surface area (Å²) in [5.74, 6) is 0.707. The lowest BCUT2D eigenvalue weighted by Crippen LogP contribution is -2.26. The number of nitrogens with zero attached hydrogens (tertiary/aromatic N) is 2. The van der Waals surface area contributed by atoms with Crippen LogP contribution in [0.4, 0.5) is 5.95 Å². The van der Waals surface area contributed by atoms with E-state index in [1.54, 1.807) is 0 Å². The third-order valence-corrected chi connectivity index (χ3v) is 3.64. The van der Waals surface area contributed by atoms with Gasteiger partial charge in [0.05, 0.1) is 11.4 Å². The molecule has 6 heteroatoms. The molecule has 0 bridgehead atoms. The van der Waals surface area contributed by atoms with E-state index in [0.717, 1.165) is 48.0 Å². The predicted molar refractivity (Wildman–Crippen MR) is 85.7 cm³/mol. The van der Waals surface area contributed by atoms with Crippen molar-refractivity contribution in [2.75, 3.05) is 18.4 Å². The van der Waals surface area contributed by atoms with Crippen molar-refractivity contribution >= 4 is 17.5 Å². The number of aromatic nitrogens is 2. The number of benzene rings is 1. The number of fused-ring (bicyclic) bond motifs is 1. The topological polar surface area (TPSA) is 81.3 Å². The fraction of sp³-hybridized carbons (Fsp3) is 0.333. The maximum Gasteiger partial charge on any atom is 0.223 e. The van der Waals surface area contributed by atoms with Crippen LogP contribution in [-0.4, -0.2) is 28.5 Å². The van der Waals surface area contributed by atoms with Crippen LogP contribution in [0.15, 0.2) is 24.3 Å². The van der Waals surface area contributed by atoms with Crippen LogP contribution in [0.5, 0.6) is 0 Å². The van der Waals surface area contributed by atoms with E-state index in [9.17, 15) is 0 Å². The fourth-order valence-corrected chi connectivity index (χ4v) is 2.55. The number of hydrogen-bond donors (Lipinski definition) is 2. The highest BCUT2D eigenvalue weighted by Gasteiger charge is 2.18. The van der Waals surface area contributed by atoms with E-state index in [-0.39, 0.29) is 5.48 Å². The van der Waals surface area contributed by atoms with Crippen LogP contribution in [0.25, 0.3) is 11.3 Å². The van der Waals surface area contributed by atoms with Crippen LogP contribution in [0.2, 0.25) is 5.02 Å². The molecule has 0 unspecified atom stereocenters. The molecule has 0 amide bonds. The van der Waals surface area contributed by atoms with Crippen molar-refractivity contribution in [2.24, 2.45) is 0 Å². The number of halogens is 1. The molecule has 112 valence electrons. The zero-order chi connectivity index (χ0) is 13.9. The minimum atomic E-state index is 0. The molecule has 1 aromatic carbocycles. The monoisotopic (exact) mass is 306 g/mol. The van der Waals surface area contributed by atoms with Crippen molar-refractivity contribution in [1.29, 1.82) is 0 Å². The quantitative estimate of drug-likeness (QED) is 0.909. The number of anilines is 1. The highest BCUT2D eigenvalue weighted by Crippen LogP contribution is 2.27. The zero-order valence-corrected chi connectivity index (χ0v) is 12.7. The first kappa shape index (κ1) is 15.7. The summed E-state index contributed by atoms with van der Waals surface area (Å²) in [6.45, 7) is 4.65. The zero-order valence-electron chi connectivity index (χ0n) is 11.9. The summed E-state index contributed by atoms with van der Waals surface area (Å²) >= 11 is 5.97. The lowest BCUT2D eigenvalue weighted by atomic mass is 10.0. The molecule has 21 heavy (non-hydrogen) atoms. The highest BCUT2D eigenvalue weighted by atomic mass is 35.5. The summed E-state index contributed by atoms with van der Waals surface area (Å²) in [5, 5.41) is 7.34. The smallest absolute Gasteiger partial charge is 0.223 e. The van der Waals surface area contributed by atoms with Gasteiger partial charge in [-0.2, -0.15) is 0 Å². The third-order valence-electron chi connectivity index (χ3n) is 3.39. The predicted octanol–water partition coefficient (Wildman–Crippen LogP) is 2.05. The Bertz CT molecular complexity index is 616. The van der Waals surface area contributed by atoms with Crippen LogP contribution >= 0.6 is 11.6 Å². The molecule has 0 saturated heterocycles. The first-order valence-corrected chi connectivity index (χ1v) is 7.26. The van der Waals surface area contributed by atoms with Gasteiger partial charge in [0.25, 0.3) is 0 Å². The molecule has 0 radical (unpaired) electrons. The van der Waals surface area contributed by atoms with Gasteiger partial charge in [-0.1, -0.05) is 23.7 Å². The van der Waals surface area contributed by atoms with E-state index in [1.807, 2.05) is 31.2 Å². The van der Waals surface area contributed by atoms with Gasteiger partial charge in [-0.25, -0.2) is 9.97 Å². The molecule has 0 saturated carbocycles. The van der Waals surface area contributed by atoms with Crippen LogP contribution in [0.3, 0.4) is 0 Å². The molecule has 1 aliphatic heterocycles. The van der Waals surface area contributed by atoms with E-state index in [0.29, 0.717) is 5.95 Å². The molecule has 0 aliphatic carbocycles. The van der Waals surface area contributed by atoms with Gasteiger partial charge in [-0.05, 0) is 19.1 Å². The van der Waals surface area contributed by atoms with Gasteiger partial charge in [-0.3, -0.25) is 0 Å². The molecule has 0 spiro atoms. The first-order chi connectivity index (χ1) is 9.78. The lowest BCUT2D eigenvalue weighted by molar-refractivity contribution is 0.628. The second kappa shape index (κ2) is 6.85. The molecule has 3 rings (SSSR count). The van der Waals surface area contributed by atoms with Gasteiger partial charge in [0.15, 0.2) is 0 Å². The number of rotatable bonds is 3. The number of hydrogen-bond acceptors (Lipinski definition) is 4. The average Bonchev–Trinajstić information content (AvgIpc) is 2.48. The number of nitrogens with one attached hydrogen (secondary N) is 2. The van der Waals surface area contributed by atoms with E-state index in [2.05, 4.69) is 20.6 Å². The largest absolute Gasteiger partial charge is 0.412 e. The van der Waals surface area contributed by atoms with Gasteiger partial charge in [0.2, 0.25) is 5.95 Å². The van der Waals surface area contributed by atoms with Crippen molar-refractivity contribution in [3.05, 3.63) is 40.5 Å². The third kappa shape index (κ3) is 3.32. The molecule has 4 N–H and O–H groups in total. The lowest BCUT2D eigenvalue weighted by Gasteiger charge is -2.20. The van der Waals surface area contributed by atoms with Gasteiger partial charge in [-0.15, -0.1) is 0 Å². The minimum absolute atomic E-state index is 0. The SMILES string of the molecule is CCNc1nc2c(c(-c3ccc(Cl)cc3)n1)CNCC2.O. The van der Waals surface area contributed by atoms with Gasteiger partial charge in [0, 0.05) is 42.2 Å². The van der Waals surface area contributed by atoms with Crippen LogP contribution < -0.4 is 10.6 Å². The van der Waals surface area contributed by atoms with Crippen LogP contribution in [0.1, 0.15) is 18.2 Å². The Kier molecular flexibility index (Phi) is 5.12. The maximum absolute atomic E-state index is 5.97. The molecular weight excluding hydrogens is 288 g/mol. The summed E-state index contributed by atoms with van der Waals surface area (Å²) in [6, 6.07) is 7.81. The normalized spacial score (nSPS) is 13.2. The van der Waals surface area contributed by atoms with Crippen LogP contribution in [-0.2, 0) is 13.0 Å².